The first-order valence-corrected chi connectivity index (χ1v) is 10.4. The minimum atomic E-state index is -0.900. The van der Waals surface area contributed by atoms with E-state index >= 15 is 0 Å². The van der Waals surface area contributed by atoms with Gasteiger partial charge in [0.2, 0.25) is 5.91 Å². The summed E-state index contributed by atoms with van der Waals surface area (Å²) < 4.78 is 15.2. The second-order valence-corrected chi connectivity index (χ2v) is 7.82. The Hall–Kier alpha value is -4.53. The third-order valence-electron chi connectivity index (χ3n) is 5.40. The van der Waals surface area contributed by atoms with Gasteiger partial charge in [-0.05, 0) is 80.1 Å². The van der Waals surface area contributed by atoms with E-state index in [9.17, 15) is 23.6 Å². The second-order valence-electron chi connectivity index (χ2n) is 7.82. The summed E-state index contributed by atoms with van der Waals surface area (Å²) in [6.45, 7) is 5.16. The molecule has 1 aliphatic heterocycles. The number of urea groups is 1. The molecule has 0 atom stereocenters. The fourth-order valence-corrected chi connectivity index (χ4v) is 3.87. The third kappa shape index (κ3) is 4.23. The lowest BCUT2D eigenvalue weighted by molar-refractivity contribution is -0.122. The molecule has 5 amide bonds. The van der Waals surface area contributed by atoms with Crippen LogP contribution in [0.4, 0.5) is 20.6 Å². The number of rotatable bonds is 4. The molecule has 0 saturated carbocycles. The zero-order valence-corrected chi connectivity index (χ0v) is 18.7. The van der Waals surface area contributed by atoms with Crippen LogP contribution in [0.3, 0.4) is 0 Å². The molecule has 2 N–H and O–H groups in total. The summed E-state index contributed by atoms with van der Waals surface area (Å²) >= 11 is 0. The number of imide groups is 2. The molecule has 4 rings (SSSR count). The fraction of sp³-hybridized carbons (Fsp3) is 0.120. The van der Waals surface area contributed by atoms with Gasteiger partial charge in [0.25, 0.3) is 11.8 Å². The van der Waals surface area contributed by atoms with Crippen LogP contribution in [0.25, 0.3) is 11.8 Å². The number of nitrogens with zero attached hydrogens (tertiary/aromatic N) is 2. The van der Waals surface area contributed by atoms with Crippen LogP contribution in [0.2, 0.25) is 0 Å². The van der Waals surface area contributed by atoms with Gasteiger partial charge in [0.05, 0.1) is 5.69 Å². The van der Waals surface area contributed by atoms with Crippen molar-refractivity contribution in [1.29, 1.82) is 0 Å². The minimum Gasteiger partial charge on any atom is -0.326 e. The molecule has 172 valence electrons. The number of hydrogen-bond donors (Lipinski definition) is 2. The summed E-state index contributed by atoms with van der Waals surface area (Å²) in [6.07, 6.45) is 1.44. The molecule has 0 radical (unpaired) electrons. The van der Waals surface area contributed by atoms with Gasteiger partial charge in [-0.3, -0.25) is 19.7 Å². The van der Waals surface area contributed by atoms with Gasteiger partial charge in [-0.2, -0.15) is 0 Å². The molecule has 0 aliphatic carbocycles. The first kappa shape index (κ1) is 22.7. The highest BCUT2D eigenvalue weighted by atomic mass is 19.1. The van der Waals surface area contributed by atoms with Crippen LogP contribution >= 0.6 is 0 Å². The third-order valence-corrected chi connectivity index (χ3v) is 5.40. The lowest BCUT2D eigenvalue weighted by Gasteiger charge is -2.26. The van der Waals surface area contributed by atoms with Gasteiger partial charge in [-0.1, -0.05) is 0 Å². The van der Waals surface area contributed by atoms with Gasteiger partial charge >= 0.3 is 6.03 Å². The zero-order valence-electron chi connectivity index (χ0n) is 18.7. The van der Waals surface area contributed by atoms with E-state index in [1.165, 1.54) is 25.1 Å². The van der Waals surface area contributed by atoms with Crippen molar-refractivity contribution >= 4 is 41.2 Å². The van der Waals surface area contributed by atoms with E-state index < -0.39 is 23.7 Å². The van der Waals surface area contributed by atoms with Crippen LogP contribution < -0.4 is 15.5 Å². The number of aromatic nitrogens is 1. The average molecular weight is 460 g/mol. The summed E-state index contributed by atoms with van der Waals surface area (Å²) in [4.78, 5) is 49.9. The predicted octanol–water partition coefficient (Wildman–Crippen LogP) is 3.86. The molecule has 9 heteroatoms. The monoisotopic (exact) mass is 460 g/mol. The minimum absolute atomic E-state index is 0.145. The van der Waals surface area contributed by atoms with Crippen molar-refractivity contribution in [3.63, 3.8) is 0 Å². The van der Waals surface area contributed by atoms with E-state index in [0.29, 0.717) is 11.3 Å². The Labute approximate surface area is 194 Å². The Bertz CT molecular complexity index is 1350. The first-order chi connectivity index (χ1) is 16.2. The number of amides is 5. The van der Waals surface area contributed by atoms with E-state index in [4.69, 9.17) is 0 Å². The molecule has 0 bridgehead atoms. The van der Waals surface area contributed by atoms with E-state index in [1.807, 2.05) is 36.6 Å². The molecule has 2 aromatic carbocycles. The van der Waals surface area contributed by atoms with E-state index in [-0.39, 0.29) is 17.2 Å². The number of nitrogens with one attached hydrogen (secondary N) is 2. The summed E-state index contributed by atoms with van der Waals surface area (Å²) in [6, 6.07) is 13.0. The van der Waals surface area contributed by atoms with Crippen molar-refractivity contribution in [2.75, 3.05) is 10.2 Å². The Morgan fingerprint density at radius 3 is 2.21 bits per heavy atom. The number of carbonyl (C=O) groups is 4. The van der Waals surface area contributed by atoms with Crippen molar-refractivity contribution < 1.29 is 23.6 Å². The molecule has 1 fully saturated rings. The molecule has 2 heterocycles. The predicted molar refractivity (Wildman–Crippen MR) is 125 cm³/mol. The fourth-order valence-electron chi connectivity index (χ4n) is 3.87. The SMILES string of the molecule is CC(=O)Nc1ccc(-n2c(C)cc(/C=C3/C(=O)NC(=O)N(c4ccc(F)cc4)C3=O)c2C)cc1. The molecule has 34 heavy (non-hydrogen) atoms. The van der Waals surface area contributed by atoms with Crippen LogP contribution in [0.5, 0.6) is 0 Å². The van der Waals surface area contributed by atoms with Crippen LogP contribution in [0, 0.1) is 19.7 Å². The highest BCUT2D eigenvalue weighted by Gasteiger charge is 2.37. The highest BCUT2D eigenvalue weighted by molar-refractivity contribution is 6.39. The van der Waals surface area contributed by atoms with Crippen molar-refractivity contribution in [2.24, 2.45) is 0 Å². The van der Waals surface area contributed by atoms with Crippen LogP contribution in [-0.4, -0.2) is 28.3 Å². The van der Waals surface area contributed by atoms with Crippen molar-refractivity contribution in [3.8, 4) is 5.69 Å². The number of aryl methyl sites for hydroxylation is 1. The summed E-state index contributed by atoms with van der Waals surface area (Å²) in [7, 11) is 0. The van der Waals surface area contributed by atoms with Crippen molar-refractivity contribution in [2.45, 2.75) is 20.8 Å². The van der Waals surface area contributed by atoms with Crippen LogP contribution in [-0.2, 0) is 14.4 Å². The lowest BCUT2D eigenvalue weighted by Crippen LogP contribution is -2.54. The summed E-state index contributed by atoms with van der Waals surface area (Å²) in [5.74, 6) is -2.29. The average Bonchev–Trinajstić information content (AvgIpc) is 3.05. The van der Waals surface area contributed by atoms with Crippen molar-refractivity contribution in [3.05, 3.63) is 82.9 Å². The Kier molecular flexibility index (Phi) is 5.85. The molecular formula is C25H21FN4O4. The number of anilines is 2. The van der Waals surface area contributed by atoms with E-state index in [1.54, 1.807) is 12.1 Å². The van der Waals surface area contributed by atoms with Crippen molar-refractivity contribution in [1.82, 2.24) is 9.88 Å². The number of carbonyl (C=O) groups excluding carboxylic acids is 4. The van der Waals surface area contributed by atoms with Gasteiger partial charge < -0.3 is 9.88 Å². The lowest BCUT2D eigenvalue weighted by atomic mass is 10.1. The maximum Gasteiger partial charge on any atom is 0.335 e. The van der Waals surface area contributed by atoms with E-state index in [2.05, 4.69) is 10.6 Å². The van der Waals surface area contributed by atoms with Gasteiger partial charge in [0, 0.05) is 29.7 Å². The van der Waals surface area contributed by atoms with Gasteiger partial charge in [0.15, 0.2) is 0 Å². The molecule has 0 spiro atoms. The van der Waals surface area contributed by atoms with E-state index in [0.717, 1.165) is 34.1 Å². The maximum absolute atomic E-state index is 13.3. The topological polar surface area (TPSA) is 101 Å². The Balaban J connectivity index is 1.70. The molecule has 0 unspecified atom stereocenters. The molecule has 1 saturated heterocycles. The maximum atomic E-state index is 13.3. The number of halogens is 1. The number of benzene rings is 2. The Morgan fingerprint density at radius 2 is 1.59 bits per heavy atom. The summed E-state index contributed by atoms with van der Waals surface area (Å²) in [5, 5.41) is 4.87. The molecule has 1 aromatic heterocycles. The quantitative estimate of drug-likeness (QED) is 0.456. The molecule has 8 nitrogen and oxygen atoms in total. The first-order valence-electron chi connectivity index (χ1n) is 10.4. The zero-order chi connectivity index (χ0) is 24.6. The number of hydrogen-bond acceptors (Lipinski definition) is 4. The van der Waals surface area contributed by atoms with Gasteiger partial charge in [0.1, 0.15) is 11.4 Å². The number of barbiturate groups is 1. The summed E-state index contributed by atoms with van der Waals surface area (Å²) in [5.41, 5.74) is 3.66. The Morgan fingerprint density at radius 1 is 0.971 bits per heavy atom. The standard InChI is InChI=1S/C25H21FN4O4/c1-14-12-17(15(2)29(14)20-10-6-19(7-11-20)27-16(3)31)13-22-23(32)28-25(34)30(24(22)33)21-8-4-18(26)5-9-21/h4-13H,1-3H3,(H,27,31)(H,28,32,34)/b22-13-. The highest BCUT2D eigenvalue weighted by Crippen LogP contribution is 2.26. The normalized spacial score (nSPS) is 15.0. The van der Waals surface area contributed by atoms with Crippen LogP contribution in [0.15, 0.2) is 60.2 Å². The van der Waals surface area contributed by atoms with Gasteiger partial charge in [-0.25, -0.2) is 14.1 Å². The van der Waals surface area contributed by atoms with Crippen LogP contribution in [0.1, 0.15) is 23.9 Å². The van der Waals surface area contributed by atoms with Gasteiger partial charge in [-0.15, -0.1) is 0 Å². The molecule has 3 aromatic rings. The smallest absolute Gasteiger partial charge is 0.326 e. The molecular weight excluding hydrogens is 439 g/mol. The molecule has 1 aliphatic rings. The second kappa shape index (κ2) is 8.78. The largest absolute Gasteiger partial charge is 0.335 e.